The van der Waals surface area contributed by atoms with Crippen LogP contribution in [0.3, 0.4) is 0 Å². The predicted molar refractivity (Wildman–Crippen MR) is 136 cm³/mol. The Morgan fingerprint density at radius 2 is 1.68 bits per heavy atom. The molecule has 10 heteroatoms. The number of nitrogens with one attached hydrogen (secondary N) is 2. The van der Waals surface area contributed by atoms with Crippen molar-refractivity contribution in [1.82, 2.24) is 15.5 Å². The highest BCUT2D eigenvalue weighted by Gasteiger charge is 2.54. The molecule has 0 saturated carbocycles. The van der Waals surface area contributed by atoms with Gasteiger partial charge in [-0.25, -0.2) is 9.59 Å². The molecule has 0 radical (unpaired) electrons. The zero-order valence-electron chi connectivity index (χ0n) is 21.5. The maximum absolute atomic E-state index is 13.3. The first-order valence-corrected chi connectivity index (χ1v) is 12.4. The van der Waals surface area contributed by atoms with Crippen LogP contribution in [0.2, 0.25) is 0 Å². The van der Waals surface area contributed by atoms with E-state index in [0.717, 1.165) is 5.56 Å². The van der Waals surface area contributed by atoms with E-state index in [-0.39, 0.29) is 24.5 Å². The smallest absolute Gasteiger partial charge is 0.408 e. The molecule has 0 aromatic heterocycles. The van der Waals surface area contributed by atoms with Crippen LogP contribution >= 0.6 is 0 Å². The topological polar surface area (TPSA) is 134 Å². The molecule has 2 aliphatic heterocycles. The molecule has 2 aromatic rings. The van der Waals surface area contributed by atoms with Crippen LogP contribution in [0, 0.1) is 0 Å². The number of hydrogen-bond acceptors (Lipinski definition) is 7. The minimum absolute atomic E-state index is 0.0155. The fraction of sp³-hybridized carbons (Fsp3) is 0.357. The number of rotatable bonds is 7. The maximum atomic E-state index is 13.3. The van der Waals surface area contributed by atoms with E-state index in [4.69, 9.17) is 9.47 Å². The van der Waals surface area contributed by atoms with Crippen LogP contribution in [0.15, 0.2) is 72.1 Å². The largest absolute Gasteiger partial charge is 0.510 e. The number of carbonyl (C=O) groups excluding carboxylic acids is 4. The van der Waals surface area contributed by atoms with Crippen LogP contribution in [0.1, 0.15) is 50.8 Å². The second-order valence-electron chi connectivity index (χ2n) is 10.1. The Morgan fingerprint density at radius 3 is 2.32 bits per heavy atom. The molecular weight excluding hydrogens is 490 g/mol. The average molecular weight is 522 g/mol. The number of fused-ring (bicyclic) bond motifs is 1. The molecule has 10 nitrogen and oxygen atoms in total. The molecule has 0 aliphatic carbocycles. The van der Waals surface area contributed by atoms with Crippen LogP contribution in [-0.2, 0) is 30.5 Å². The Kier molecular flexibility index (Phi) is 7.70. The summed E-state index contributed by atoms with van der Waals surface area (Å²) in [6, 6.07) is 15.0. The highest BCUT2D eigenvalue weighted by molar-refractivity contribution is 6.02. The SMILES string of the molecule is CC(C)(C)OC(=O)NC(C(=O)N[C@@H]1C(=O)N2C(C(=O)OCc3ccccc3)=C(O)CC[C@@H]12)c1ccccc1. The molecule has 3 atom stereocenters. The summed E-state index contributed by atoms with van der Waals surface area (Å²) in [5.74, 6) is -2.20. The standard InChI is InChI=1S/C28H31N3O7/c1-28(2,3)38-27(36)30-21(18-12-8-5-9-13-18)24(33)29-22-19-14-15-20(32)23(31(19)25(22)34)26(35)37-16-17-10-6-4-7-11-17/h4-13,19,21-22,32H,14-16H2,1-3H3,(H,29,33)(H,30,36)/t19-,21?,22-/m0/s1. The Morgan fingerprint density at radius 1 is 1.05 bits per heavy atom. The van der Waals surface area contributed by atoms with E-state index in [1.54, 1.807) is 63.2 Å². The Balaban J connectivity index is 1.45. The Labute approximate surface area is 220 Å². The lowest BCUT2D eigenvalue weighted by atomic mass is 9.85. The third-order valence-electron chi connectivity index (χ3n) is 6.17. The molecule has 0 spiro atoms. The zero-order chi connectivity index (χ0) is 27.4. The summed E-state index contributed by atoms with van der Waals surface area (Å²) in [6.45, 7) is 5.11. The van der Waals surface area contributed by atoms with E-state index < -0.39 is 47.6 Å². The van der Waals surface area contributed by atoms with Gasteiger partial charge < -0.3 is 25.2 Å². The normalized spacial score (nSPS) is 19.6. The van der Waals surface area contributed by atoms with Gasteiger partial charge in [-0.05, 0) is 38.3 Å². The number of nitrogens with zero attached hydrogens (tertiary/aromatic N) is 1. The van der Waals surface area contributed by atoms with Crippen molar-refractivity contribution in [3.8, 4) is 0 Å². The molecule has 38 heavy (non-hydrogen) atoms. The molecule has 2 aromatic carbocycles. The van der Waals surface area contributed by atoms with Crippen LogP contribution in [0.25, 0.3) is 0 Å². The van der Waals surface area contributed by atoms with Gasteiger partial charge in [0.15, 0.2) is 5.70 Å². The summed E-state index contributed by atoms with van der Waals surface area (Å²) >= 11 is 0. The second kappa shape index (κ2) is 11.0. The summed E-state index contributed by atoms with van der Waals surface area (Å²) in [5.41, 5.74) is 0.289. The number of allylic oxidation sites excluding steroid dienone is 1. The summed E-state index contributed by atoms with van der Waals surface area (Å²) in [7, 11) is 0. The van der Waals surface area contributed by atoms with Gasteiger partial charge in [-0.1, -0.05) is 60.7 Å². The number of amides is 3. The molecular formula is C28H31N3O7. The highest BCUT2D eigenvalue weighted by atomic mass is 16.6. The van der Waals surface area contributed by atoms with E-state index in [1.165, 1.54) is 4.90 Å². The number of carbonyl (C=O) groups is 4. The highest BCUT2D eigenvalue weighted by Crippen LogP contribution is 2.36. The second-order valence-corrected chi connectivity index (χ2v) is 10.1. The van der Waals surface area contributed by atoms with Crippen molar-refractivity contribution in [2.45, 2.75) is 63.9 Å². The van der Waals surface area contributed by atoms with Crippen LogP contribution in [0.4, 0.5) is 4.79 Å². The summed E-state index contributed by atoms with van der Waals surface area (Å²) in [5, 5.41) is 15.7. The fourth-order valence-corrected chi connectivity index (χ4v) is 4.43. The maximum Gasteiger partial charge on any atom is 0.408 e. The van der Waals surface area contributed by atoms with E-state index >= 15 is 0 Å². The number of β-lactam (4-membered cyclic amide) rings is 1. The fourth-order valence-electron chi connectivity index (χ4n) is 4.43. The van der Waals surface area contributed by atoms with Gasteiger partial charge in [0.1, 0.15) is 30.1 Å². The molecule has 4 rings (SSSR count). The van der Waals surface area contributed by atoms with Crippen LogP contribution in [-0.4, -0.2) is 51.6 Å². The number of esters is 1. The number of alkyl carbamates (subject to hydrolysis) is 1. The van der Waals surface area contributed by atoms with Gasteiger partial charge in [-0.2, -0.15) is 0 Å². The van der Waals surface area contributed by atoms with Gasteiger partial charge in [0.2, 0.25) is 5.91 Å². The summed E-state index contributed by atoms with van der Waals surface area (Å²) in [4.78, 5) is 52.8. The summed E-state index contributed by atoms with van der Waals surface area (Å²) in [6.07, 6.45) is -0.292. The van der Waals surface area contributed by atoms with Crippen LogP contribution in [0.5, 0.6) is 0 Å². The van der Waals surface area contributed by atoms with E-state index in [0.29, 0.717) is 12.0 Å². The van der Waals surface area contributed by atoms with E-state index in [1.807, 2.05) is 18.2 Å². The molecule has 3 amide bonds. The number of benzene rings is 2. The molecule has 3 N–H and O–H groups in total. The quantitative estimate of drug-likeness (QED) is 0.376. The van der Waals surface area contributed by atoms with Gasteiger partial charge in [0.05, 0.1) is 6.04 Å². The lowest BCUT2D eigenvalue weighted by Crippen LogP contribution is -2.72. The van der Waals surface area contributed by atoms with Crippen molar-refractivity contribution in [1.29, 1.82) is 0 Å². The van der Waals surface area contributed by atoms with Crippen molar-refractivity contribution in [2.24, 2.45) is 0 Å². The third kappa shape index (κ3) is 5.96. The van der Waals surface area contributed by atoms with Crippen molar-refractivity contribution < 1.29 is 33.8 Å². The van der Waals surface area contributed by atoms with Gasteiger partial charge in [0.25, 0.3) is 5.91 Å². The summed E-state index contributed by atoms with van der Waals surface area (Å²) < 4.78 is 10.6. The lowest BCUT2D eigenvalue weighted by Gasteiger charge is -2.49. The molecule has 1 fully saturated rings. The van der Waals surface area contributed by atoms with Crippen molar-refractivity contribution in [3.05, 3.63) is 83.2 Å². The minimum Gasteiger partial charge on any atom is -0.510 e. The molecule has 2 aliphatic rings. The van der Waals surface area contributed by atoms with E-state index in [9.17, 15) is 24.3 Å². The number of hydrogen-bond donors (Lipinski definition) is 3. The molecule has 2 heterocycles. The number of aliphatic hydroxyl groups excluding tert-OH is 1. The minimum atomic E-state index is -1.12. The van der Waals surface area contributed by atoms with E-state index in [2.05, 4.69) is 10.6 Å². The van der Waals surface area contributed by atoms with Crippen molar-refractivity contribution >= 4 is 23.9 Å². The molecule has 1 unspecified atom stereocenters. The predicted octanol–water partition coefficient (Wildman–Crippen LogP) is 3.25. The molecule has 200 valence electrons. The monoisotopic (exact) mass is 521 g/mol. The molecule has 1 saturated heterocycles. The molecule has 0 bridgehead atoms. The first kappa shape index (κ1) is 26.7. The van der Waals surface area contributed by atoms with Gasteiger partial charge in [-0.3, -0.25) is 14.5 Å². The van der Waals surface area contributed by atoms with Gasteiger partial charge in [0, 0.05) is 6.42 Å². The van der Waals surface area contributed by atoms with Crippen molar-refractivity contribution in [3.63, 3.8) is 0 Å². The average Bonchev–Trinajstić information content (AvgIpc) is 2.88. The number of aliphatic hydroxyl groups is 1. The van der Waals surface area contributed by atoms with Gasteiger partial charge >= 0.3 is 12.1 Å². The van der Waals surface area contributed by atoms with Gasteiger partial charge in [-0.15, -0.1) is 0 Å². The van der Waals surface area contributed by atoms with Crippen molar-refractivity contribution in [2.75, 3.05) is 0 Å². The third-order valence-corrected chi connectivity index (χ3v) is 6.17. The zero-order valence-corrected chi connectivity index (χ0v) is 21.5. The first-order chi connectivity index (χ1) is 18.0. The Bertz CT molecular complexity index is 1240. The lowest BCUT2D eigenvalue weighted by molar-refractivity contribution is -0.159. The number of ether oxygens (including phenoxy) is 2. The van der Waals surface area contributed by atoms with Crippen LogP contribution < -0.4 is 10.6 Å². The first-order valence-electron chi connectivity index (χ1n) is 12.4. The Hall–Kier alpha value is -4.34.